The lowest BCUT2D eigenvalue weighted by Gasteiger charge is -2.44. The van der Waals surface area contributed by atoms with Crippen molar-refractivity contribution in [2.24, 2.45) is 7.05 Å². The molecule has 5 nitrogen and oxygen atoms in total. The van der Waals surface area contributed by atoms with E-state index < -0.39 is 16.1 Å². The van der Waals surface area contributed by atoms with E-state index in [4.69, 9.17) is 9.97 Å². The topological polar surface area (TPSA) is 38.9 Å². The predicted octanol–water partition coefficient (Wildman–Crippen LogP) is 10.3. The molecular formula is C67H49N5Si2. The first-order valence-corrected chi connectivity index (χ1v) is 29.4. The fourth-order valence-electron chi connectivity index (χ4n) is 12.5. The highest BCUT2D eigenvalue weighted by molar-refractivity contribution is 7.21. The first kappa shape index (κ1) is 43.6. The van der Waals surface area contributed by atoms with Crippen molar-refractivity contribution in [1.82, 2.24) is 19.1 Å². The minimum absolute atomic E-state index is 0.945. The number of aryl methyl sites for hydroxylation is 1. The zero-order valence-electron chi connectivity index (χ0n) is 40.8. The smallest absolute Gasteiger partial charge is 0.186 e. The number of para-hydroxylation sites is 4. The molecule has 4 heterocycles. The third-order valence-electron chi connectivity index (χ3n) is 15.6. The van der Waals surface area contributed by atoms with Gasteiger partial charge in [-0.2, -0.15) is 0 Å². The van der Waals surface area contributed by atoms with E-state index in [1.165, 1.54) is 52.3 Å². The number of anilines is 3. The first-order valence-electron chi connectivity index (χ1n) is 25.4. The fourth-order valence-corrected chi connectivity index (χ4v) is 22.3. The summed E-state index contributed by atoms with van der Waals surface area (Å²) in [4.78, 5) is 13.3. The maximum absolute atomic E-state index is 5.58. The molecule has 0 atom stereocenters. The fraction of sp³-hybridized carbons (Fsp3) is 0.0149. The predicted molar refractivity (Wildman–Crippen MR) is 314 cm³/mol. The molecular weight excluding hydrogens is 931 g/mol. The van der Waals surface area contributed by atoms with E-state index in [1.807, 2.05) is 6.20 Å². The van der Waals surface area contributed by atoms with Crippen LogP contribution in [0.5, 0.6) is 0 Å². The SMILES string of the molecule is Cn1c(-c2cccc([Si](c3ccccc3)(c3ccccc3)c3cccc(N4c5ncccc5[Si](c5ccccc5)(c5ccccc5)c5ccc6c7ccccc7n(-c7ccccc7)c6c54)c3)c2)nc2ccccc21. The van der Waals surface area contributed by atoms with Gasteiger partial charge >= 0.3 is 0 Å². The average Bonchev–Trinajstić information content (AvgIpc) is 4.01. The lowest BCUT2D eigenvalue weighted by atomic mass is 10.1. The molecule has 0 saturated carbocycles. The van der Waals surface area contributed by atoms with Crippen LogP contribution >= 0.6 is 0 Å². The molecule has 350 valence electrons. The summed E-state index contributed by atoms with van der Waals surface area (Å²) in [7, 11) is -4.15. The lowest BCUT2D eigenvalue weighted by Crippen LogP contribution is -2.77. The Balaban J connectivity index is 1.11. The van der Waals surface area contributed by atoms with Gasteiger partial charge in [0, 0.05) is 41.0 Å². The molecule has 0 saturated heterocycles. The normalized spacial score (nSPS) is 13.0. The molecule has 1 aliphatic heterocycles. The molecule has 0 fully saturated rings. The second-order valence-electron chi connectivity index (χ2n) is 19.3. The summed E-state index contributed by atoms with van der Waals surface area (Å²) in [6, 6.07) is 101. The molecule has 0 bridgehead atoms. The van der Waals surface area contributed by atoms with Gasteiger partial charge in [0.05, 0.1) is 27.8 Å². The highest BCUT2D eigenvalue weighted by atomic mass is 28.3. The largest absolute Gasteiger partial charge is 0.327 e. The average molecular weight is 980 g/mol. The zero-order valence-corrected chi connectivity index (χ0v) is 42.8. The number of hydrogen-bond acceptors (Lipinski definition) is 3. The number of aromatic nitrogens is 4. The van der Waals surface area contributed by atoms with E-state index in [1.54, 1.807) is 0 Å². The number of hydrogen-bond donors (Lipinski definition) is 0. The minimum Gasteiger partial charge on any atom is -0.327 e. The molecule has 14 rings (SSSR count). The molecule has 0 amide bonds. The van der Waals surface area contributed by atoms with E-state index >= 15 is 0 Å². The quantitative estimate of drug-likeness (QED) is 0.107. The van der Waals surface area contributed by atoms with Gasteiger partial charge in [0.25, 0.3) is 0 Å². The Bertz CT molecular complexity index is 4130. The van der Waals surface area contributed by atoms with Gasteiger partial charge in [-0.15, -0.1) is 0 Å². The van der Waals surface area contributed by atoms with Gasteiger partial charge in [0.2, 0.25) is 0 Å². The van der Waals surface area contributed by atoms with E-state index in [0.717, 1.165) is 56.3 Å². The van der Waals surface area contributed by atoms with Crippen molar-refractivity contribution in [2.75, 3.05) is 4.90 Å². The van der Waals surface area contributed by atoms with Crippen LogP contribution < -0.4 is 46.4 Å². The van der Waals surface area contributed by atoms with Crippen LogP contribution in [0.2, 0.25) is 0 Å². The van der Waals surface area contributed by atoms with Crippen LogP contribution in [0.4, 0.5) is 17.2 Å². The Hall–Kier alpha value is -9.15. The molecule has 0 spiro atoms. The van der Waals surface area contributed by atoms with Gasteiger partial charge in [0.1, 0.15) is 11.6 Å². The molecule has 10 aromatic carbocycles. The summed E-state index contributed by atoms with van der Waals surface area (Å²) >= 11 is 0. The number of pyridine rings is 1. The molecule has 74 heavy (non-hydrogen) atoms. The standard InChI is InChI=1S/C67H49N5Si2/c1-70-61-41-20-18-39-59(61)69-66(70)48-24-21-36-55(46-48)73(51-28-9-3-10-29-51,52-30-11-4-12-31-52)56-37-22-27-50(47-56)72-65-62(44-43-58-57-38-17-19-40-60(57)71(64(58)65)49-25-7-2-8-26-49)74(53-32-13-5-14-33-53,54-34-15-6-16-35-54)63-42-23-45-68-67(63)72/h2-47H,1H3. The number of imidazole rings is 1. The first-order chi connectivity index (χ1) is 36.7. The molecule has 0 N–H and O–H groups in total. The van der Waals surface area contributed by atoms with Crippen LogP contribution in [0.15, 0.2) is 279 Å². The van der Waals surface area contributed by atoms with Crippen LogP contribution in [0.3, 0.4) is 0 Å². The van der Waals surface area contributed by atoms with Gasteiger partial charge in [-0.25, -0.2) is 9.97 Å². The Morgan fingerprint density at radius 3 is 1.65 bits per heavy atom. The monoisotopic (exact) mass is 979 g/mol. The number of rotatable bonds is 9. The Morgan fingerprint density at radius 1 is 0.419 bits per heavy atom. The highest BCUT2D eigenvalue weighted by Crippen LogP contribution is 2.45. The van der Waals surface area contributed by atoms with Crippen LogP contribution in [0.1, 0.15) is 0 Å². The Labute approximate surface area is 432 Å². The van der Waals surface area contributed by atoms with Crippen molar-refractivity contribution in [3.63, 3.8) is 0 Å². The van der Waals surface area contributed by atoms with Gasteiger partial charge in [0.15, 0.2) is 16.1 Å². The van der Waals surface area contributed by atoms with Crippen molar-refractivity contribution < 1.29 is 0 Å². The molecule has 0 aliphatic carbocycles. The van der Waals surface area contributed by atoms with Crippen LogP contribution in [0, 0.1) is 0 Å². The summed E-state index contributed by atoms with van der Waals surface area (Å²) in [6.45, 7) is 0. The van der Waals surface area contributed by atoms with Gasteiger partial charge in [-0.1, -0.05) is 224 Å². The number of fused-ring (bicyclic) bond motifs is 7. The molecule has 13 aromatic rings. The maximum Gasteiger partial charge on any atom is 0.186 e. The van der Waals surface area contributed by atoms with E-state index in [9.17, 15) is 0 Å². The Morgan fingerprint density at radius 2 is 0.973 bits per heavy atom. The van der Waals surface area contributed by atoms with Crippen LogP contribution in [-0.4, -0.2) is 35.2 Å². The molecule has 3 aromatic heterocycles. The Kier molecular flexibility index (Phi) is 10.4. The number of nitrogens with zero attached hydrogens (tertiary/aromatic N) is 5. The van der Waals surface area contributed by atoms with Crippen molar-refractivity contribution in [1.29, 1.82) is 0 Å². The minimum atomic E-state index is -3.16. The van der Waals surface area contributed by atoms with Crippen LogP contribution in [0.25, 0.3) is 49.9 Å². The lowest BCUT2D eigenvalue weighted by molar-refractivity contribution is 0.959. The second kappa shape index (κ2) is 17.6. The third kappa shape index (κ3) is 6.47. The zero-order chi connectivity index (χ0) is 49.2. The number of benzene rings is 10. The summed E-state index contributed by atoms with van der Waals surface area (Å²) in [5.41, 5.74) is 8.82. The maximum atomic E-state index is 5.58. The molecule has 1 aliphatic rings. The molecule has 0 unspecified atom stereocenters. The highest BCUT2D eigenvalue weighted by Gasteiger charge is 2.51. The van der Waals surface area contributed by atoms with Crippen LogP contribution in [-0.2, 0) is 7.05 Å². The summed E-state index contributed by atoms with van der Waals surface area (Å²) in [6.07, 6.45) is 1.99. The van der Waals surface area contributed by atoms with Gasteiger partial charge in [-0.05, 0) is 90.0 Å². The van der Waals surface area contributed by atoms with Crippen molar-refractivity contribution in [2.45, 2.75) is 0 Å². The summed E-state index contributed by atoms with van der Waals surface area (Å²) < 4.78 is 4.73. The van der Waals surface area contributed by atoms with Crippen molar-refractivity contribution in [3.05, 3.63) is 279 Å². The summed E-state index contributed by atoms with van der Waals surface area (Å²) in [5, 5.41) is 12.8. The third-order valence-corrected chi connectivity index (χ3v) is 25.1. The molecule has 7 heteroatoms. The molecule has 0 radical (unpaired) electrons. The van der Waals surface area contributed by atoms with Crippen molar-refractivity contribution in [3.8, 4) is 17.1 Å². The van der Waals surface area contributed by atoms with Gasteiger partial charge in [-0.3, -0.25) is 4.90 Å². The summed E-state index contributed by atoms with van der Waals surface area (Å²) in [5.74, 6) is 1.89. The van der Waals surface area contributed by atoms with E-state index in [2.05, 4.69) is 294 Å². The van der Waals surface area contributed by atoms with E-state index in [0.29, 0.717) is 0 Å². The van der Waals surface area contributed by atoms with Crippen molar-refractivity contribution >= 4 is 108 Å². The van der Waals surface area contributed by atoms with Gasteiger partial charge < -0.3 is 9.13 Å². The van der Waals surface area contributed by atoms with E-state index in [-0.39, 0.29) is 0 Å². The second-order valence-corrected chi connectivity index (χ2v) is 26.9.